The summed E-state index contributed by atoms with van der Waals surface area (Å²) in [4.78, 5) is 0. The van der Waals surface area contributed by atoms with Crippen molar-refractivity contribution in [2.45, 2.75) is 33.9 Å². The number of hydrogen-bond donors (Lipinski definition) is 1. The summed E-state index contributed by atoms with van der Waals surface area (Å²) in [5.41, 5.74) is 3.39. The minimum atomic E-state index is 0.610. The first kappa shape index (κ1) is 16.0. The van der Waals surface area contributed by atoms with E-state index < -0.39 is 0 Å². The second-order valence-electron chi connectivity index (χ2n) is 4.98. The van der Waals surface area contributed by atoms with Crippen LogP contribution in [0.3, 0.4) is 0 Å². The van der Waals surface area contributed by atoms with Crippen molar-refractivity contribution in [3.63, 3.8) is 0 Å². The van der Waals surface area contributed by atoms with Crippen LogP contribution in [0.25, 0.3) is 0 Å². The molecule has 0 saturated heterocycles. The van der Waals surface area contributed by atoms with Gasteiger partial charge in [0, 0.05) is 12.2 Å². The molecule has 1 N–H and O–H groups in total. The van der Waals surface area contributed by atoms with Crippen molar-refractivity contribution < 1.29 is 4.74 Å². The molecule has 2 aromatic rings. The Labute approximate surface area is 134 Å². The normalized spacial score (nSPS) is 10.9. The Morgan fingerprint density at radius 3 is 2.81 bits per heavy atom. The van der Waals surface area contributed by atoms with Crippen LogP contribution in [0.5, 0.6) is 5.75 Å². The van der Waals surface area contributed by atoms with E-state index >= 15 is 0 Å². The highest BCUT2D eigenvalue weighted by Gasteiger charge is 2.08. The number of hydrogen-bond acceptors (Lipinski definition) is 3. The number of benzene rings is 1. The highest BCUT2D eigenvalue weighted by Crippen LogP contribution is 2.19. The molecule has 0 aliphatic carbocycles. The lowest BCUT2D eigenvalue weighted by Gasteiger charge is -2.09. The predicted octanol–water partition coefficient (Wildman–Crippen LogP) is 3.45. The van der Waals surface area contributed by atoms with Crippen molar-refractivity contribution in [2.24, 2.45) is 0 Å². The molecule has 0 amide bonds. The molecule has 1 aromatic heterocycles. The number of halogens is 1. The predicted molar refractivity (Wildman–Crippen MR) is 88.7 cm³/mol. The van der Waals surface area contributed by atoms with E-state index in [0.29, 0.717) is 6.61 Å². The molecule has 21 heavy (non-hydrogen) atoms. The monoisotopic (exact) mass is 351 g/mol. The second-order valence-corrected chi connectivity index (χ2v) is 5.78. The van der Waals surface area contributed by atoms with Crippen LogP contribution in [0.2, 0.25) is 0 Å². The number of nitrogens with zero attached hydrogens (tertiary/aromatic N) is 2. The molecule has 0 fully saturated rings. The Morgan fingerprint density at radius 1 is 1.33 bits per heavy atom. The fraction of sp³-hybridized carbons (Fsp3) is 0.438. The molecule has 4 nitrogen and oxygen atoms in total. The molecule has 0 spiro atoms. The van der Waals surface area contributed by atoms with Crippen molar-refractivity contribution in [1.82, 2.24) is 15.1 Å². The standard InChI is InChI=1S/C16H22BrN3O/c1-4-18-11-14-6-5-7-15(10-14)21-9-8-20-13(3)16(17)12(2)19-20/h5-7,10,18H,4,8-9,11H2,1-3H3. The number of ether oxygens (including phenoxy) is 1. The molecule has 5 heteroatoms. The zero-order valence-electron chi connectivity index (χ0n) is 12.8. The van der Waals surface area contributed by atoms with Crippen molar-refractivity contribution >= 4 is 15.9 Å². The minimum absolute atomic E-state index is 0.610. The quantitative estimate of drug-likeness (QED) is 0.830. The molecular formula is C16H22BrN3O. The van der Waals surface area contributed by atoms with Crippen molar-refractivity contribution in [3.05, 3.63) is 45.7 Å². The second kappa shape index (κ2) is 7.61. The third-order valence-corrected chi connectivity index (χ3v) is 4.49. The topological polar surface area (TPSA) is 39.1 Å². The first-order valence-corrected chi connectivity index (χ1v) is 8.03. The zero-order chi connectivity index (χ0) is 15.2. The van der Waals surface area contributed by atoms with Crippen LogP contribution >= 0.6 is 15.9 Å². The van der Waals surface area contributed by atoms with Gasteiger partial charge in [0.05, 0.1) is 16.7 Å². The van der Waals surface area contributed by atoms with Gasteiger partial charge in [-0.2, -0.15) is 5.10 Å². The van der Waals surface area contributed by atoms with E-state index in [0.717, 1.165) is 41.2 Å². The molecule has 0 bridgehead atoms. The zero-order valence-corrected chi connectivity index (χ0v) is 14.4. The summed E-state index contributed by atoms with van der Waals surface area (Å²) in [5, 5.41) is 7.79. The van der Waals surface area contributed by atoms with Crippen LogP contribution in [0, 0.1) is 13.8 Å². The number of rotatable bonds is 7. The van der Waals surface area contributed by atoms with E-state index in [1.165, 1.54) is 5.56 Å². The summed E-state index contributed by atoms with van der Waals surface area (Å²) in [6.45, 7) is 9.36. The van der Waals surface area contributed by atoms with E-state index in [4.69, 9.17) is 4.74 Å². The van der Waals surface area contributed by atoms with Gasteiger partial charge in [0.2, 0.25) is 0 Å². The smallest absolute Gasteiger partial charge is 0.119 e. The van der Waals surface area contributed by atoms with Gasteiger partial charge in [0.25, 0.3) is 0 Å². The van der Waals surface area contributed by atoms with E-state index in [2.05, 4.69) is 52.3 Å². The number of nitrogens with one attached hydrogen (secondary N) is 1. The van der Waals surface area contributed by atoms with Gasteiger partial charge in [0.1, 0.15) is 12.4 Å². The number of aryl methyl sites for hydroxylation is 1. The first-order valence-electron chi connectivity index (χ1n) is 7.23. The lowest BCUT2D eigenvalue weighted by molar-refractivity contribution is 0.289. The van der Waals surface area contributed by atoms with Gasteiger partial charge < -0.3 is 10.1 Å². The van der Waals surface area contributed by atoms with Crippen LogP contribution in [-0.4, -0.2) is 22.9 Å². The highest BCUT2D eigenvalue weighted by molar-refractivity contribution is 9.10. The Balaban J connectivity index is 1.89. The lowest BCUT2D eigenvalue weighted by Crippen LogP contribution is -2.12. The molecule has 0 radical (unpaired) electrons. The molecular weight excluding hydrogens is 330 g/mol. The lowest BCUT2D eigenvalue weighted by atomic mass is 10.2. The summed E-state index contributed by atoms with van der Waals surface area (Å²) in [6, 6.07) is 8.21. The first-order chi connectivity index (χ1) is 10.1. The van der Waals surface area contributed by atoms with Crippen LogP contribution < -0.4 is 10.1 Å². The third-order valence-electron chi connectivity index (χ3n) is 3.34. The summed E-state index contributed by atoms with van der Waals surface area (Å²) >= 11 is 3.54. The molecule has 2 rings (SSSR count). The fourth-order valence-electron chi connectivity index (χ4n) is 2.16. The van der Waals surface area contributed by atoms with Crippen molar-refractivity contribution in [1.29, 1.82) is 0 Å². The minimum Gasteiger partial charge on any atom is -0.492 e. The summed E-state index contributed by atoms with van der Waals surface area (Å²) in [6.07, 6.45) is 0. The summed E-state index contributed by atoms with van der Waals surface area (Å²) in [5.74, 6) is 0.908. The SMILES string of the molecule is CCNCc1cccc(OCCn2nc(C)c(Br)c2C)c1. The number of aromatic nitrogens is 2. The summed E-state index contributed by atoms with van der Waals surface area (Å²) in [7, 11) is 0. The van der Waals surface area contributed by atoms with Crippen molar-refractivity contribution in [2.75, 3.05) is 13.2 Å². The van der Waals surface area contributed by atoms with Crippen LogP contribution in [0.1, 0.15) is 23.9 Å². The molecule has 1 aromatic carbocycles. The van der Waals surface area contributed by atoms with Gasteiger partial charge in [-0.15, -0.1) is 0 Å². The van der Waals surface area contributed by atoms with Gasteiger partial charge in [-0.1, -0.05) is 19.1 Å². The van der Waals surface area contributed by atoms with E-state index in [-0.39, 0.29) is 0 Å². The largest absolute Gasteiger partial charge is 0.492 e. The van der Waals surface area contributed by atoms with Crippen LogP contribution in [0.15, 0.2) is 28.7 Å². The fourth-order valence-corrected chi connectivity index (χ4v) is 2.44. The highest BCUT2D eigenvalue weighted by atomic mass is 79.9. The maximum atomic E-state index is 5.83. The van der Waals surface area contributed by atoms with Gasteiger partial charge in [-0.3, -0.25) is 4.68 Å². The van der Waals surface area contributed by atoms with Gasteiger partial charge in [-0.25, -0.2) is 0 Å². The van der Waals surface area contributed by atoms with Crippen molar-refractivity contribution in [3.8, 4) is 5.75 Å². The van der Waals surface area contributed by atoms with Gasteiger partial charge >= 0.3 is 0 Å². The van der Waals surface area contributed by atoms with E-state index in [1.807, 2.05) is 23.7 Å². The molecule has 0 aliphatic heterocycles. The maximum absolute atomic E-state index is 5.83. The van der Waals surface area contributed by atoms with E-state index in [1.54, 1.807) is 0 Å². The third kappa shape index (κ3) is 4.32. The average Bonchev–Trinajstić information content (AvgIpc) is 2.73. The Hall–Kier alpha value is -1.33. The molecule has 0 unspecified atom stereocenters. The van der Waals surface area contributed by atoms with Crippen LogP contribution in [-0.2, 0) is 13.1 Å². The summed E-state index contributed by atoms with van der Waals surface area (Å²) < 4.78 is 8.88. The van der Waals surface area contributed by atoms with Crippen LogP contribution in [0.4, 0.5) is 0 Å². The van der Waals surface area contributed by atoms with E-state index in [9.17, 15) is 0 Å². The maximum Gasteiger partial charge on any atom is 0.119 e. The molecule has 1 heterocycles. The Bertz CT molecular complexity index is 595. The Morgan fingerprint density at radius 2 is 2.14 bits per heavy atom. The molecule has 0 atom stereocenters. The Kier molecular flexibility index (Phi) is 5.82. The molecule has 114 valence electrons. The molecule has 0 aliphatic rings. The van der Waals surface area contributed by atoms with Gasteiger partial charge in [0.15, 0.2) is 0 Å². The molecule has 0 saturated carbocycles. The average molecular weight is 352 g/mol. The van der Waals surface area contributed by atoms with Gasteiger partial charge in [-0.05, 0) is 54.0 Å².